The third kappa shape index (κ3) is 8.35. The first-order chi connectivity index (χ1) is 15.5. The fraction of sp³-hybridized carbons (Fsp3) is 0.391. The molecule has 9 heteroatoms. The third-order valence-corrected chi connectivity index (χ3v) is 4.92. The van der Waals surface area contributed by atoms with Crippen LogP contribution in [0.25, 0.3) is 0 Å². The molecule has 1 aromatic carbocycles. The first kappa shape index (κ1) is 24.8. The van der Waals surface area contributed by atoms with E-state index in [2.05, 4.69) is 39.0 Å². The number of anilines is 1. The van der Waals surface area contributed by atoms with Gasteiger partial charge in [0.15, 0.2) is 0 Å². The van der Waals surface area contributed by atoms with Gasteiger partial charge in [-0.2, -0.15) is 0 Å². The second-order valence-electron chi connectivity index (χ2n) is 7.24. The van der Waals surface area contributed by atoms with E-state index in [1.165, 1.54) is 6.08 Å². The van der Waals surface area contributed by atoms with E-state index >= 15 is 0 Å². The molecule has 0 spiro atoms. The lowest BCUT2D eigenvalue weighted by atomic mass is 10.1. The Bertz CT molecular complexity index is 842. The largest absolute Gasteiger partial charge is 0.378 e. The highest BCUT2D eigenvalue weighted by atomic mass is 16.5. The van der Waals surface area contributed by atoms with Crippen molar-refractivity contribution in [1.82, 2.24) is 10.6 Å². The summed E-state index contributed by atoms with van der Waals surface area (Å²) in [7, 11) is 0. The van der Waals surface area contributed by atoms with Crippen LogP contribution in [0.4, 0.5) is 5.69 Å². The van der Waals surface area contributed by atoms with Gasteiger partial charge in [-0.15, -0.1) is 5.11 Å². The average molecular weight is 441 g/mol. The maximum Gasteiger partial charge on any atom is 0.251 e. The van der Waals surface area contributed by atoms with Gasteiger partial charge in [0.05, 0.1) is 18.9 Å². The van der Waals surface area contributed by atoms with Crippen molar-refractivity contribution in [3.63, 3.8) is 0 Å². The van der Waals surface area contributed by atoms with Crippen molar-refractivity contribution >= 4 is 17.5 Å². The zero-order chi connectivity index (χ0) is 23.2. The van der Waals surface area contributed by atoms with Crippen LogP contribution in [0.5, 0.6) is 0 Å². The first-order valence-electron chi connectivity index (χ1n) is 10.7. The number of morpholine rings is 1. The van der Waals surface area contributed by atoms with Crippen molar-refractivity contribution in [2.45, 2.75) is 25.7 Å². The van der Waals surface area contributed by atoms with E-state index in [4.69, 9.17) is 10.6 Å². The van der Waals surface area contributed by atoms with Crippen LogP contribution in [0, 0.1) is 0 Å². The summed E-state index contributed by atoms with van der Waals surface area (Å²) >= 11 is 0. The van der Waals surface area contributed by atoms with Gasteiger partial charge in [-0.3, -0.25) is 9.59 Å². The number of unbranched alkanes of at least 4 members (excludes halogenated alkanes) is 2. The summed E-state index contributed by atoms with van der Waals surface area (Å²) in [5, 5.41) is 12.4. The minimum Gasteiger partial charge on any atom is -0.378 e. The Balaban J connectivity index is 1.64. The lowest BCUT2D eigenvalue weighted by molar-refractivity contribution is -0.120. The third-order valence-electron chi connectivity index (χ3n) is 4.92. The molecule has 1 aliphatic heterocycles. The smallest absolute Gasteiger partial charge is 0.251 e. The van der Waals surface area contributed by atoms with Gasteiger partial charge in [0.25, 0.3) is 5.91 Å². The van der Waals surface area contributed by atoms with E-state index in [0.717, 1.165) is 44.8 Å². The highest BCUT2D eigenvalue weighted by Gasteiger charge is 2.12. The van der Waals surface area contributed by atoms with Crippen LogP contribution in [-0.2, 0) is 9.53 Å². The predicted octanol–water partition coefficient (Wildman–Crippen LogP) is 2.84. The molecule has 9 nitrogen and oxygen atoms in total. The molecule has 32 heavy (non-hydrogen) atoms. The van der Waals surface area contributed by atoms with Crippen molar-refractivity contribution in [1.29, 1.82) is 0 Å². The summed E-state index contributed by atoms with van der Waals surface area (Å²) in [5.74, 6) is 4.76. The molecule has 2 rings (SSSR count). The van der Waals surface area contributed by atoms with Gasteiger partial charge < -0.3 is 26.1 Å². The van der Waals surface area contributed by atoms with E-state index in [1.807, 2.05) is 24.3 Å². The van der Waals surface area contributed by atoms with Crippen LogP contribution in [0.1, 0.15) is 36.0 Å². The summed E-state index contributed by atoms with van der Waals surface area (Å²) in [6, 6.07) is 7.63. The number of nitrogens with two attached hydrogens (primary N) is 1. The maximum atomic E-state index is 12.3. The van der Waals surface area contributed by atoms with Gasteiger partial charge >= 0.3 is 0 Å². The Hall–Kier alpha value is -3.46. The standard InChI is InChI=1S/C23H32N6O3/c1-3-7-21(18(2)27-28-24)26-22(30)8-5-4-6-13-25-23(31)19-9-11-20(12-10-19)29-14-16-32-17-15-29/h3,7,9-12H,1-2,4-6,8,13-17H2,(H2,24,27)(H,25,31)(H,26,30)/b21-7+. The molecule has 0 saturated carbocycles. The van der Waals surface area contributed by atoms with Crippen LogP contribution in [0.2, 0.25) is 0 Å². The molecule has 1 saturated heterocycles. The molecule has 0 aromatic heterocycles. The minimum atomic E-state index is -0.157. The number of rotatable bonds is 12. The van der Waals surface area contributed by atoms with Gasteiger partial charge in [0, 0.05) is 37.3 Å². The van der Waals surface area contributed by atoms with Gasteiger partial charge in [-0.25, -0.2) is 0 Å². The summed E-state index contributed by atoms with van der Waals surface area (Å²) in [5.41, 5.74) is 2.40. The Morgan fingerprint density at radius 3 is 2.53 bits per heavy atom. The first-order valence-corrected chi connectivity index (χ1v) is 10.7. The van der Waals surface area contributed by atoms with E-state index in [-0.39, 0.29) is 17.5 Å². The molecule has 172 valence electrons. The SMILES string of the molecule is C=C/C=C(/NC(=O)CCCCCNC(=O)c1ccc(N2CCOCC2)cc1)C(=C)N=NN. The summed E-state index contributed by atoms with van der Waals surface area (Å²) in [4.78, 5) is 26.7. The number of nitrogens with zero attached hydrogens (tertiary/aromatic N) is 3. The minimum absolute atomic E-state index is 0.0944. The molecule has 0 radical (unpaired) electrons. The molecule has 0 atom stereocenters. The van der Waals surface area contributed by atoms with Gasteiger partial charge in [-0.1, -0.05) is 30.9 Å². The molecular weight excluding hydrogens is 408 g/mol. The molecule has 1 fully saturated rings. The van der Waals surface area contributed by atoms with Gasteiger partial charge in [-0.05, 0) is 43.2 Å². The number of amides is 2. The molecular formula is C23H32N6O3. The Morgan fingerprint density at radius 1 is 1.16 bits per heavy atom. The topological polar surface area (TPSA) is 121 Å². The molecule has 1 heterocycles. The zero-order valence-corrected chi connectivity index (χ0v) is 18.4. The molecule has 0 aliphatic carbocycles. The normalized spacial score (nSPS) is 14.2. The van der Waals surface area contributed by atoms with E-state index < -0.39 is 0 Å². The fourth-order valence-electron chi connectivity index (χ4n) is 3.20. The molecule has 0 unspecified atom stereocenters. The number of benzene rings is 1. The fourth-order valence-corrected chi connectivity index (χ4v) is 3.20. The molecule has 2 amide bonds. The van der Waals surface area contributed by atoms with Crippen LogP contribution in [-0.4, -0.2) is 44.7 Å². The van der Waals surface area contributed by atoms with E-state index in [0.29, 0.717) is 30.6 Å². The Morgan fingerprint density at radius 2 is 1.88 bits per heavy atom. The molecule has 4 N–H and O–H groups in total. The number of allylic oxidation sites excluding steroid dienone is 2. The summed E-state index contributed by atoms with van der Waals surface area (Å²) < 4.78 is 5.36. The second-order valence-corrected chi connectivity index (χ2v) is 7.24. The number of carbonyl (C=O) groups excluding carboxylic acids is 2. The highest BCUT2D eigenvalue weighted by molar-refractivity contribution is 5.94. The van der Waals surface area contributed by atoms with Crippen molar-refractivity contribution in [3.8, 4) is 0 Å². The second kappa shape index (κ2) is 13.8. The van der Waals surface area contributed by atoms with Crippen LogP contribution >= 0.6 is 0 Å². The number of nitrogens with one attached hydrogen (secondary N) is 2. The lowest BCUT2D eigenvalue weighted by Gasteiger charge is -2.28. The Labute approximate surface area is 189 Å². The number of hydrogen-bond acceptors (Lipinski definition) is 6. The van der Waals surface area contributed by atoms with Crippen molar-refractivity contribution < 1.29 is 14.3 Å². The number of hydrogen-bond donors (Lipinski definition) is 3. The molecule has 1 aliphatic rings. The zero-order valence-electron chi connectivity index (χ0n) is 18.4. The Kier molecular flexibility index (Phi) is 10.7. The van der Waals surface area contributed by atoms with Crippen molar-refractivity contribution in [2.24, 2.45) is 16.2 Å². The summed E-state index contributed by atoms with van der Waals surface area (Å²) in [6.07, 6.45) is 5.74. The quantitative estimate of drug-likeness (QED) is 0.152. The maximum absolute atomic E-state index is 12.3. The van der Waals surface area contributed by atoms with Gasteiger partial charge in [0.2, 0.25) is 5.91 Å². The summed E-state index contributed by atoms with van der Waals surface area (Å²) in [6.45, 7) is 11.0. The molecule has 1 aromatic rings. The van der Waals surface area contributed by atoms with Crippen molar-refractivity contribution in [3.05, 3.63) is 66.5 Å². The van der Waals surface area contributed by atoms with Gasteiger partial charge in [0.1, 0.15) is 5.70 Å². The average Bonchev–Trinajstić information content (AvgIpc) is 2.81. The van der Waals surface area contributed by atoms with Crippen molar-refractivity contribution in [2.75, 3.05) is 37.7 Å². The van der Waals surface area contributed by atoms with Crippen LogP contribution in [0.3, 0.4) is 0 Å². The highest BCUT2D eigenvalue weighted by Crippen LogP contribution is 2.16. The number of ether oxygens (including phenoxy) is 1. The van der Waals surface area contributed by atoms with E-state index in [9.17, 15) is 9.59 Å². The molecule has 0 bridgehead atoms. The lowest BCUT2D eigenvalue weighted by Crippen LogP contribution is -2.36. The van der Waals surface area contributed by atoms with Crippen LogP contribution in [0.15, 0.2) is 71.3 Å². The van der Waals surface area contributed by atoms with E-state index in [1.54, 1.807) is 6.08 Å². The van der Waals surface area contributed by atoms with Crippen LogP contribution < -0.4 is 21.4 Å². The number of carbonyl (C=O) groups is 2. The monoisotopic (exact) mass is 440 g/mol. The predicted molar refractivity (Wildman–Crippen MR) is 125 cm³/mol.